The highest BCUT2D eigenvalue weighted by atomic mass is 15.4. The Hall–Kier alpha value is -1.69. The summed E-state index contributed by atoms with van der Waals surface area (Å²) in [6.45, 7) is 5.64. The monoisotopic (exact) mass is 234 g/mol. The molecule has 0 bridgehead atoms. The lowest BCUT2D eigenvalue weighted by atomic mass is 10.2. The molecule has 6 nitrogen and oxygen atoms in total. The maximum Gasteiger partial charge on any atom is 0.104 e. The highest BCUT2D eigenvalue weighted by molar-refractivity contribution is 5.24. The summed E-state index contributed by atoms with van der Waals surface area (Å²) in [5, 5.41) is 15.7. The van der Waals surface area contributed by atoms with Gasteiger partial charge in [-0.05, 0) is 20.9 Å². The zero-order chi connectivity index (χ0) is 12.4. The molecule has 2 aromatic rings. The smallest absolute Gasteiger partial charge is 0.104 e. The Bertz CT molecular complexity index is 510. The molecule has 0 aromatic carbocycles. The van der Waals surface area contributed by atoms with Gasteiger partial charge >= 0.3 is 0 Å². The lowest BCUT2D eigenvalue weighted by Crippen LogP contribution is -2.08. The summed E-state index contributed by atoms with van der Waals surface area (Å²) in [5.41, 5.74) is 4.44. The largest absolute Gasteiger partial charge is 0.316 e. The van der Waals surface area contributed by atoms with E-state index >= 15 is 0 Å². The van der Waals surface area contributed by atoms with Gasteiger partial charge in [-0.1, -0.05) is 5.21 Å². The van der Waals surface area contributed by atoms with Gasteiger partial charge in [-0.15, -0.1) is 5.10 Å². The molecule has 17 heavy (non-hydrogen) atoms. The van der Waals surface area contributed by atoms with E-state index in [1.807, 2.05) is 31.9 Å². The molecule has 0 fully saturated rings. The van der Waals surface area contributed by atoms with Crippen LogP contribution >= 0.6 is 0 Å². The van der Waals surface area contributed by atoms with Crippen LogP contribution in [0.1, 0.15) is 22.6 Å². The summed E-state index contributed by atoms with van der Waals surface area (Å²) in [5.74, 6) is 0. The number of nitrogens with zero attached hydrogens (tertiary/aromatic N) is 5. The van der Waals surface area contributed by atoms with Crippen molar-refractivity contribution >= 4 is 0 Å². The molecule has 0 aliphatic carbocycles. The van der Waals surface area contributed by atoms with E-state index in [1.165, 1.54) is 11.3 Å². The third-order valence-corrected chi connectivity index (χ3v) is 2.85. The van der Waals surface area contributed by atoms with Gasteiger partial charge in [-0.2, -0.15) is 5.10 Å². The molecule has 2 aromatic heterocycles. The Labute approximate surface area is 101 Å². The van der Waals surface area contributed by atoms with Crippen LogP contribution in [0.4, 0.5) is 0 Å². The van der Waals surface area contributed by atoms with E-state index in [4.69, 9.17) is 0 Å². The van der Waals surface area contributed by atoms with Crippen molar-refractivity contribution in [3.8, 4) is 0 Å². The van der Waals surface area contributed by atoms with Gasteiger partial charge < -0.3 is 5.32 Å². The summed E-state index contributed by atoms with van der Waals surface area (Å²) in [6, 6.07) is 0. The van der Waals surface area contributed by atoms with Gasteiger partial charge in [0.15, 0.2) is 0 Å². The maximum atomic E-state index is 4.53. The first-order valence-corrected chi connectivity index (χ1v) is 5.64. The Morgan fingerprint density at radius 2 is 2.12 bits per heavy atom. The molecular weight excluding hydrogens is 216 g/mol. The van der Waals surface area contributed by atoms with Crippen molar-refractivity contribution in [2.45, 2.75) is 26.9 Å². The maximum absolute atomic E-state index is 4.53. The number of aryl methyl sites for hydroxylation is 2. The third-order valence-electron chi connectivity index (χ3n) is 2.85. The standard InChI is InChI=1S/C11H18N6/c1-8-11(5-12-3)9(2)17(14-8)7-10-6-16(4)15-13-10/h6,12H,5,7H2,1-4H3. The second-order valence-corrected chi connectivity index (χ2v) is 4.22. The molecule has 0 saturated heterocycles. The van der Waals surface area contributed by atoms with Gasteiger partial charge in [0, 0.05) is 31.0 Å². The van der Waals surface area contributed by atoms with Crippen molar-refractivity contribution in [3.63, 3.8) is 0 Å². The number of aromatic nitrogens is 5. The molecule has 1 N–H and O–H groups in total. The van der Waals surface area contributed by atoms with Crippen LogP contribution in [-0.4, -0.2) is 31.8 Å². The lowest BCUT2D eigenvalue weighted by Gasteiger charge is -2.02. The highest BCUT2D eigenvalue weighted by Crippen LogP contribution is 2.13. The number of nitrogens with one attached hydrogen (secondary N) is 1. The van der Waals surface area contributed by atoms with Crippen LogP contribution in [0.5, 0.6) is 0 Å². The van der Waals surface area contributed by atoms with Crippen molar-refractivity contribution in [1.29, 1.82) is 0 Å². The Balaban J connectivity index is 2.24. The molecule has 0 aliphatic heterocycles. The summed E-state index contributed by atoms with van der Waals surface area (Å²) < 4.78 is 3.68. The molecular formula is C11H18N6. The average molecular weight is 234 g/mol. The van der Waals surface area contributed by atoms with E-state index in [-0.39, 0.29) is 0 Å². The van der Waals surface area contributed by atoms with Crippen LogP contribution < -0.4 is 5.32 Å². The minimum Gasteiger partial charge on any atom is -0.316 e. The summed E-state index contributed by atoms with van der Waals surface area (Å²) in [4.78, 5) is 0. The van der Waals surface area contributed by atoms with Crippen LogP contribution in [0.2, 0.25) is 0 Å². The molecule has 92 valence electrons. The topological polar surface area (TPSA) is 60.6 Å². The van der Waals surface area contributed by atoms with E-state index in [2.05, 4.69) is 27.7 Å². The Morgan fingerprint density at radius 3 is 2.71 bits per heavy atom. The quantitative estimate of drug-likeness (QED) is 0.831. The van der Waals surface area contributed by atoms with Crippen LogP contribution in [0.15, 0.2) is 6.20 Å². The van der Waals surface area contributed by atoms with E-state index in [0.29, 0.717) is 6.54 Å². The van der Waals surface area contributed by atoms with Crippen LogP contribution in [0, 0.1) is 13.8 Å². The number of hydrogen-bond acceptors (Lipinski definition) is 4. The first-order chi connectivity index (χ1) is 8.11. The van der Waals surface area contributed by atoms with Gasteiger partial charge in [0.2, 0.25) is 0 Å². The predicted molar refractivity (Wildman–Crippen MR) is 64.6 cm³/mol. The normalized spacial score (nSPS) is 11.1. The molecule has 0 radical (unpaired) electrons. The van der Waals surface area contributed by atoms with Gasteiger partial charge in [-0.25, -0.2) is 0 Å². The molecule has 2 heterocycles. The van der Waals surface area contributed by atoms with Crippen molar-refractivity contribution in [2.24, 2.45) is 7.05 Å². The van der Waals surface area contributed by atoms with E-state index in [9.17, 15) is 0 Å². The summed E-state index contributed by atoms with van der Waals surface area (Å²) in [7, 11) is 3.81. The van der Waals surface area contributed by atoms with Gasteiger partial charge in [0.05, 0.1) is 12.2 Å². The molecule has 0 aliphatic rings. The number of hydrogen-bond donors (Lipinski definition) is 1. The SMILES string of the molecule is CNCc1c(C)nn(Cc2cn(C)nn2)c1C. The van der Waals surface area contributed by atoms with Gasteiger partial charge in [0.1, 0.15) is 5.69 Å². The van der Waals surface area contributed by atoms with Crippen molar-refractivity contribution < 1.29 is 0 Å². The minimum atomic E-state index is 0.671. The molecule has 0 atom stereocenters. The molecule has 0 amide bonds. The predicted octanol–water partition coefficient (Wildman–Crippen LogP) is 0.396. The van der Waals surface area contributed by atoms with Crippen LogP contribution in [0.25, 0.3) is 0 Å². The summed E-state index contributed by atoms with van der Waals surface area (Å²) in [6.07, 6.45) is 1.91. The lowest BCUT2D eigenvalue weighted by molar-refractivity contribution is 0.642. The first kappa shape index (κ1) is 11.8. The van der Waals surface area contributed by atoms with E-state index in [1.54, 1.807) is 4.68 Å². The molecule has 0 spiro atoms. The highest BCUT2D eigenvalue weighted by Gasteiger charge is 2.11. The van der Waals surface area contributed by atoms with Crippen molar-refractivity contribution in [3.05, 3.63) is 28.8 Å². The first-order valence-electron chi connectivity index (χ1n) is 5.64. The molecule has 6 heteroatoms. The third kappa shape index (κ3) is 2.36. The van der Waals surface area contributed by atoms with Gasteiger partial charge in [0.25, 0.3) is 0 Å². The fraction of sp³-hybridized carbons (Fsp3) is 0.545. The number of rotatable bonds is 4. The fourth-order valence-corrected chi connectivity index (χ4v) is 1.94. The van der Waals surface area contributed by atoms with E-state index in [0.717, 1.165) is 17.9 Å². The molecule has 0 saturated carbocycles. The second-order valence-electron chi connectivity index (χ2n) is 4.22. The molecule has 0 unspecified atom stereocenters. The van der Waals surface area contributed by atoms with Crippen molar-refractivity contribution in [2.75, 3.05) is 7.05 Å². The van der Waals surface area contributed by atoms with Crippen LogP contribution in [-0.2, 0) is 20.1 Å². The minimum absolute atomic E-state index is 0.671. The zero-order valence-electron chi connectivity index (χ0n) is 10.7. The zero-order valence-corrected chi connectivity index (χ0v) is 10.7. The Kier molecular flexibility index (Phi) is 3.23. The second kappa shape index (κ2) is 4.67. The average Bonchev–Trinajstić information content (AvgIpc) is 2.79. The van der Waals surface area contributed by atoms with E-state index < -0.39 is 0 Å². The van der Waals surface area contributed by atoms with Gasteiger partial charge in [-0.3, -0.25) is 9.36 Å². The van der Waals surface area contributed by atoms with Crippen molar-refractivity contribution in [1.82, 2.24) is 30.1 Å². The fourth-order valence-electron chi connectivity index (χ4n) is 1.94. The summed E-state index contributed by atoms with van der Waals surface area (Å²) >= 11 is 0. The van der Waals surface area contributed by atoms with Crippen LogP contribution in [0.3, 0.4) is 0 Å². The Morgan fingerprint density at radius 1 is 1.35 bits per heavy atom. The molecule has 2 rings (SSSR count).